The standard InChI is InChI=1S/C17H18ClNO4S/c18-15-7-2-1-4-12(15)9-19(13-5-3-6-14(20)8-13)16-10-24(22,23)11-17(16)21/h1-8,16-17,20-21H,9-11H2/t16-,17-/m1/s1. The lowest BCUT2D eigenvalue weighted by Gasteiger charge is -2.32. The number of aliphatic hydroxyl groups excluding tert-OH is 1. The summed E-state index contributed by atoms with van der Waals surface area (Å²) in [5.41, 5.74) is 1.45. The van der Waals surface area contributed by atoms with E-state index in [0.29, 0.717) is 17.3 Å². The highest BCUT2D eigenvalue weighted by Crippen LogP contribution is 2.30. The van der Waals surface area contributed by atoms with E-state index in [4.69, 9.17) is 11.6 Å². The van der Waals surface area contributed by atoms with Crippen molar-refractivity contribution in [3.63, 3.8) is 0 Å². The van der Waals surface area contributed by atoms with Gasteiger partial charge < -0.3 is 15.1 Å². The first-order valence-corrected chi connectivity index (χ1v) is 9.73. The van der Waals surface area contributed by atoms with E-state index in [0.717, 1.165) is 5.56 Å². The Labute approximate surface area is 146 Å². The van der Waals surface area contributed by atoms with Gasteiger partial charge in [-0.3, -0.25) is 0 Å². The summed E-state index contributed by atoms with van der Waals surface area (Å²) in [6.45, 7) is 0.334. The third-order valence-electron chi connectivity index (χ3n) is 4.15. The molecule has 2 aromatic carbocycles. The van der Waals surface area contributed by atoms with E-state index in [2.05, 4.69) is 0 Å². The Morgan fingerprint density at radius 2 is 1.88 bits per heavy atom. The predicted octanol–water partition coefficient (Wildman–Crippen LogP) is 2.21. The number of halogens is 1. The van der Waals surface area contributed by atoms with Crippen molar-refractivity contribution < 1.29 is 18.6 Å². The molecule has 0 aliphatic carbocycles. The topological polar surface area (TPSA) is 77.8 Å². The third kappa shape index (κ3) is 3.66. The molecule has 0 radical (unpaired) electrons. The van der Waals surface area contributed by atoms with E-state index in [-0.39, 0.29) is 17.3 Å². The van der Waals surface area contributed by atoms with Crippen LogP contribution in [0.15, 0.2) is 48.5 Å². The summed E-state index contributed by atoms with van der Waals surface area (Å²) in [7, 11) is -3.30. The summed E-state index contributed by atoms with van der Waals surface area (Å²) in [6.07, 6.45) is -0.986. The monoisotopic (exact) mass is 367 g/mol. The fraction of sp³-hybridized carbons (Fsp3) is 0.294. The summed E-state index contributed by atoms with van der Waals surface area (Å²) in [4.78, 5) is 1.79. The van der Waals surface area contributed by atoms with Gasteiger partial charge >= 0.3 is 0 Å². The molecule has 1 aliphatic rings. The van der Waals surface area contributed by atoms with Crippen molar-refractivity contribution in [1.29, 1.82) is 0 Å². The predicted molar refractivity (Wildman–Crippen MR) is 94.2 cm³/mol. The lowest BCUT2D eigenvalue weighted by atomic mass is 10.1. The van der Waals surface area contributed by atoms with Gasteiger partial charge in [0.1, 0.15) is 5.75 Å². The Morgan fingerprint density at radius 3 is 2.50 bits per heavy atom. The molecular formula is C17H18ClNO4S. The summed E-state index contributed by atoms with van der Waals surface area (Å²) in [6, 6.07) is 13.2. The largest absolute Gasteiger partial charge is 0.508 e. The van der Waals surface area contributed by atoms with E-state index in [1.54, 1.807) is 35.2 Å². The normalized spacial score (nSPS) is 22.4. The van der Waals surface area contributed by atoms with Gasteiger partial charge in [0, 0.05) is 23.3 Å². The van der Waals surface area contributed by atoms with Crippen LogP contribution in [0.4, 0.5) is 5.69 Å². The van der Waals surface area contributed by atoms with E-state index in [9.17, 15) is 18.6 Å². The van der Waals surface area contributed by atoms with Gasteiger partial charge in [-0.1, -0.05) is 35.9 Å². The number of benzene rings is 2. The highest BCUT2D eigenvalue weighted by atomic mass is 35.5. The average molecular weight is 368 g/mol. The second-order valence-corrected chi connectivity index (χ2v) is 8.51. The minimum atomic E-state index is -3.30. The first-order chi connectivity index (χ1) is 11.4. The Hall–Kier alpha value is -1.76. The zero-order valence-electron chi connectivity index (χ0n) is 12.8. The Bertz CT molecular complexity index is 840. The van der Waals surface area contributed by atoms with Crippen molar-refractivity contribution in [2.24, 2.45) is 0 Å². The van der Waals surface area contributed by atoms with Crippen LogP contribution in [0.2, 0.25) is 5.02 Å². The van der Waals surface area contributed by atoms with Crippen LogP contribution >= 0.6 is 11.6 Å². The molecule has 2 aromatic rings. The molecule has 128 valence electrons. The molecule has 0 amide bonds. The lowest BCUT2D eigenvalue weighted by Crippen LogP contribution is -2.43. The molecule has 0 saturated carbocycles. The maximum Gasteiger partial charge on any atom is 0.155 e. The number of hydrogen-bond acceptors (Lipinski definition) is 5. The van der Waals surface area contributed by atoms with Gasteiger partial charge in [0.25, 0.3) is 0 Å². The second-order valence-electron chi connectivity index (χ2n) is 5.95. The summed E-state index contributed by atoms with van der Waals surface area (Å²) < 4.78 is 23.8. The smallest absolute Gasteiger partial charge is 0.155 e. The first-order valence-electron chi connectivity index (χ1n) is 7.53. The number of hydrogen-bond donors (Lipinski definition) is 2. The molecule has 2 atom stereocenters. The van der Waals surface area contributed by atoms with Crippen LogP contribution in [0.3, 0.4) is 0 Å². The zero-order valence-corrected chi connectivity index (χ0v) is 14.4. The number of nitrogens with zero attached hydrogens (tertiary/aromatic N) is 1. The van der Waals surface area contributed by atoms with Gasteiger partial charge in [-0.05, 0) is 23.8 Å². The molecule has 0 unspecified atom stereocenters. The average Bonchev–Trinajstić information content (AvgIpc) is 2.79. The third-order valence-corrected chi connectivity index (χ3v) is 6.22. The number of phenols is 1. The zero-order chi connectivity index (χ0) is 17.3. The summed E-state index contributed by atoms with van der Waals surface area (Å²) in [5.74, 6) is -0.309. The van der Waals surface area contributed by atoms with Crippen molar-refractivity contribution in [1.82, 2.24) is 0 Å². The SMILES string of the molecule is O=S1(=O)C[C@@H](O)[C@H](N(Cc2ccccc2Cl)c2cccc(O)c2)C1. The van der Waals surface area contributed by atoms with Crippen molar-refractivity contribution in [2.45, 2.75) is 18.7 Å². The highest BCUT2D eigenvalue weighted by molar-refractivity contribution is 7.91. The minimum Gasteiger partial charge on any atom is -0.508 e. The van der Waals surface area contributed by atoms with E-state index < -0.39 is 22.0 Å². The highest BCUT2D eigenvalue weighted by Gasteiger charge is 2.40. The fourth-order valence-electron chi connectivity index (χ4n) is 2.99. The molecule has 0 spiro atoms. The van der Waals surface area contributed by atoms with Gasteiger partial charge in [-0.2, -0.15) is 0 Å². The van der Waals surface area contributed by atoms with Crippen molar-refractivity contribution in [3.05, 3.63) is 59.1 Å². The molecule has 2 N–H and O–H groups in total. The lowest BCUT2D eigenvalue weighted by molar-refractivity contribution is 0.177. The van der Waals surface area contributed by atoms with Crippen molar-refractivity contribution in [3.8, 4) is 5.75 Å². The van der Waals surface area contributed by atoms with E-state index >= 15 is 0 Å². The summed E-state index contributed by atoms with van der Waals surface area (Å²) >= 11 is 6.23. The molecule has 0 aromatic heterocycles. The van der Waals surface area contributed by atoms with Gasteiger partial charge in [0.15, 0.2) is 9.84 Å². The molecule has 0 bridgehead atoms. The van der Waals surface area contributed by atoms with Crippen LogP contribution in [0.5, 0.6) is 5.75 Å². The minimum absolute atomic E-state index is 0.0759. The second kappa shape index (κ2) is 6.63. The molecule has 3 rings (SSSR count). The number of sulfone groups is 1. The number of anilines is 1. The molecule has 7 heteroatoms. The molecule has 24 heavy (non-hydrogen) atoms. The van der Waals surface area contributed by atoms with Gasteiger partial charge in [0.05, 0.1) is 23.7 Å². The Kier molecular flexibility index (Phi) is 4.71. The number of aliphatic hydroxyl groups is 1. The quantitative estimate of drug-likeness (QED) is 0.866. The van der Waals surface area contributed by atoms with E-state index in [1.165, 1.54) is 0 Å². The molecular weight excluding hydrogens is 350 g/mol. The van der Waals surface area contributed by atoms with Crippen LogP contribution in [-0.4, -0.2) is 42.3 Å². The van der Waals surface area contributed by atoms with E-state index in [1.807, 2.05) is 18.2 Å². The van der Waals surface area contributed by atoms with Crippen LogP contribution in [-0.2, 0) is 16.4 Å². The number of aromatic hydroxyl groups is 1. The van der Waals surface area contributed by atoms with Crippen LogP contribution in [0.25, 0.3) is 0 Å². The maximum absolute atomic E-state index is 11.9. The fourth-order valence-corrected chi connectivity index (χ4v) is 4.99. The van der Waals surface area contributed by atoms with Gasteiger partial charge in [-0.15, -0.1) is 0 Å². The molecule has 5 nitrogen and oxygen atoms in total. The molecule has 1 aliphatic heterocycles. The Balaban J connectivity index is 2.00. The number of phenolic OH excluding ortho intramolecular Hbond substituents is 1. The Morgan fingerprint density at radius 1 is 1.12 bits per heavy atom. The number of rotatable bonds is 4. The maximum atomic E-state index is 11.9. The molecule has 1 fully saturated rings. The molecule has 1 heterocycles. The first kappa shape index (κ1) is 17.1. The van der Waals surface area contributed by atoms with Gasteiger partial charge in [0.2, 0.25) is 0 Å². The van der Waals surface area contributed by atoms with Gasteiger partial charge in [-0.25, -0.2) is 8.42 Å². The molecule has 1 saturated heterocycles. The van der Waals surface area contributed by atoms with Crippen molar-refractivity contribution in [2.75, 3.05) is 16.4 Å². The van der Waals surface area contributed by atoms with Crippen LogP contribution in [0.1, 0.15) is 5.56 Å². The van der Waals surface area contributed by atoms with Crippen molar-refractivity contribution >= 4 is 27.1 Å². The summed E-state index contributed by atoms with van der Waals surface area (Å²) in [5, 5.41) is 20.6. The van der Waals surface area contributed by atoms with Crippen LogP contribution < -0.4 is 4.90 Å². The van der Waals surface area contributed by atoms with Crippen LogP contribution in [0, 0.1) is 0 Å².